The lowest BCUT2D eigenvalue weighted by atomic mass is 10.1. The second-order valence-corrected chi connectivity index (χ2v) is 10.1. The second kappa shape index (κ2) is 10.3. The van der Waals surface area contributed by atoms with Crippen molar-refractivity contribution in [1.29, 1.82) is 0 Å². The van der Waals surface area contributed by atoms with Gasteiger partial charge in [-0.15, -0.1) is 0 Å². The Kier molecular flexibility index (Phi) is 7.19. The van der Waals surface area contributed by atoms with E-state index in [0.29, 0.717) is 24.3 Å². The van der Waals surface area contributed by atoms with Crippen LogP contribution in [0, 0.1) is 0 Å². The van der Waals surface area contributed by atoms with Crippen molar-refractivity contribution in [3.63, 3.8) is 0 Å². The fourth-order valence-corrected chi connectivity index (χ4v) is 5.17. The Bertz CT molecular complexity index is 1310. The van der Waals surface area contributed by atoms with E-state index in [9.17, 15) is 18.0 Å². The molecule has 4 rings (SSSR count). The molecular weight excluding hydrogens is 474 g/mol. The SMILES string of the molecule is O=C(Nc1ccccc1C(=O)N1CCCCC1)c1ccc(NS(=O)(=O)c2ccccc2)c(Cl)c1. The first-order valence-corrected chi connectivity index (χ1v) is 12.8. The van der Waals surface area contributed by atoms with Crippen LogP contribution in [0.15, 0.2) is 77.7 Å². The number of piperidine rings is 1. The Morgan fingerprint density at radius 2 is 1.50 bits per heavy atom. The topological polar surface area (TPSA) is 95.6 Å². The summed E-state index contributed by atoms with van der Waals surface area (Å²) in [6, 6.07) is 19.1. The van der Waals surface area contributed by atoms with Crippen molar-refractivity contribution in [3.8, 4) is 0 Å². The molecule has 34 heavy (non-hydrogen) atoms. The molecule has 176 valence electrons. The summed E-state index contributed by atoms with van der Waals surface area (Å²) in [5.41, 5.74) is 1.22. The number of amides is 2. The maximum atomic E-state index is 13.0. The molecule has 1 heterocycles. The van der Waals surface area contributed by atoms with Gasteiger partial charge in [-0.2, -0.15) is 0 Å². The van der Waals surface area contributed by atoms with Gasteiger partial charge in [0.05, 0.1) is 26.9 Å². The summed E-state index contributed by atoms with van der Waals surface area (Å²) in [5, 5.41) is 2.86. The summed E-state index contributed by atoms with van der Waals surface area (Å²) in [5.74, 6) is -0.572. The minimum Gasteiger partial charge on any atom is -0.339 e. The Morgan fingerprint density at radius 1 is 0.824 bits per heavy atom. The average molecular weight is 498 g/mol. The quantitative estimate of drug-likeness (QED) is 0.500. The van der Waals surface area contributed by atoms with Crippen molar-refractivity contribution in [1.82, 2.24) is 4.90 Å². The van der Waals surface area contributed by atoms with Gasteiger partial charge in [-0.05, 0) is 61.7 Å². The number of para-hydroxylation sites is 1. The van der Waals surface area contributed by atoms with Gasteiger partial charge in [0.25, 0.3) is 21.8 Å². The van der Waals surface area contributed by atoms with Gasteiger partial charge >= 0.3 is 0 Å². The van der Waals surface area contributed by atoms with Crippen molar-refractivity contribution >= 4 is 44.8 Å². The molecule has 1 saturated heterocycles. The van der Waals surface area contributed by atoms with Crippen molar-refractivity contribution in [2.75, 3.05) is 23.1 Å². The van der Waals surface area contributed by atoms with Crippen LogP contribution in [0.4, 0.5) is 11.4 Å². The molecule has 0 bridgehead atoms. The molecular formula is C25H24ClN3O4S. The predicted molar refractivity (Wildman–Crippen MR) is 133 cm³/mol. The molecule has 1 aliphatic heterocycles. The van der Waals surface area contributed by atoms with E-state index < -0.39 is 15.9 Å². The van der Waals surface area contributed by atoms with Gasteiger partial charge in [-0.25, -0.2) is 8.42 Å². The lowest BCUT2D eigenvalue weighted by Crippen LogP contribution is -2.36. The highest BCUT2D eigenvalue weighted by Crippen LogP contribution is 2.27. The molecule has 0 spiro atoms. The molecule has 0 unspecified atom stereocenters. The number of carbonyl (C=O) groups excluding carboxylic acids is 2. The lowest BCUT2D eigenvalue weighted by Gasteiger charge is -2.27. The zero-order valence-corrected chi connectivity index (χ0v) is 19.9. The van der Waals surface area contributed by atoms with E-state index in [0.717, 1.165) is 19.3 Å². The molecule has 0 aromatic heterocycles. The number of nitrogens with zero attached hydrogens (tertiary/aromatic N) is 1. The van der Waals surface area contributed by atoms with Crippen LogP contribution in [0.25, 0.3) is 0 Å². The van der Waals surface area contributed by atoms with Gasteiger partial charge < -0.3 is 10.2 Å². The standard InChI is InChI=1S/C25H24ClN3O4S/c26-21-17-18(13-14-23(21)28-34(32,33)19-9-3-1-4-10-19)24(30)27-22-12-6-5-11-20(22)25(31)29-15-7-2-8-16-29/h1,3-6,9-14,17,28H,2,7-8,15-16H2,(H,27,30). The molecule has 1 aliphatic rings. The number of carbonyl (C=O) groups is 2. The van der Waals surface area contributed by atoms with Gasteiger partial charge in [0.1, 0.15) is 0 Å². The van der Waals surface area contributed by atoms with E-state index in [2.05, 4.69) is 10.0 Å². The molecule has 0 saturated carbocycles. The third-order valence-corrected chi connectivity index (χ3v) is 7.27. The van der Waals surface area contributed by atoms with Crippen molar-refractivity contribution in [2.45, 2.75) is 24.2 Å². The molecule has 3 aromatic rings. The van der Waals surface area contributed by atoms with Gasteiger partial charge in [-0.1, -0.05) is 41.9 Å². The van der Waals surface area contributed by atoms with E-state index >= 15 is 0 Å². The van der Waals surface area contributed by atoms with Gasteiger partial charge in [0, 0.05) is 18.7 Å². The Balaban J connectivity index is 1.50. The summed E-state index contributed by atoms with van der Waals surface area (Å²) >= 11 is 6.29. The van der Waals surface area contributed by atoms with E-state index in [-0.39, 0.29) is 27.1 Å². The minimum atomic E-state index is -3.82. The predicted octanol–water partition coefficient (Wildman–Crippen LogP) is 5.02. The monoisotopic (exact) mass is 497 g/mol. The van der Waals surface area contributed by atoms with Crippen LogP contribution in [0.1, 0.15) is 40.0 Å². The van der Waals surface area contributed by atoms with Crippen LogP contribution in [-0.2, 0) is 10.0 Å². The van der Waals surface area contributed by atoms with Crippen LogP contribution >= 0.6 is 11.6 Å². The second-order valence-electron chi connectivity index (χ2n) is 7.97. The summed E-state index contributed by atoms with van der Waals surface area (Å²) < 4.78 is 27.6. The summed E-state index contributed by atoms with van der Waals surface area (Å²) in [6.45, 7) is 1.41. The maximum Gasteiger partial charge on any atom is 0.261 e. The van der Waals surface area contributed by atoms with Crippen LogP contribution in [-0.4, -0.2) is 38.2 Å². The summed E-state index contributed by atoms with van der Waals surface area (Å²) in [7, 11) is -3.82. The normalized spacial score (nSPS) is 13.9. The largest absolute Gasteiger partial charge is 0.339 e. The molecule has 3 aromatic carbocycles. The van der Waals surface area contributed by atoms with E-state index in [1.165, 1.54) is 30.3 Å². The van der Waals surface area contributed by atoms with E-state index in [4.69, 9.17) is 11.6 Å². The number of rotatable bonds is 6. The van der Waals surface area contributed by atoms with Crippen molar-refractivity contribution in [2.24, 2.45) is 0 Å². The zero-order valence-electron chi connectivity index (χ0n) is 18.3. The van der Waals surface area contributed by atoms with Gasteiger partial charge in [0.2, 0.25) is 0 Å². The number of anilines is 2. The Labute approximate surface area is 203 Å². The molecule has 0 atom stereocenters. The molecule has 0 aliphatic carbocycles. The number of hydrogen-bond acceptors (Lipinski definition) is 4. The van der Waals surface area contributed by atoms with Crippen LogP contribution < -0.4 is 10.0 Å². The molecule has 2 amide bonds. The first-order valence-electron chi connectivity index (χ1n) is 10.9. The van der Waals surface area contributed by atoms with E-state index in [1.54, 1.807) is 47.4 Å². The zero-order chi connectivity index (χ0) is 24.1. The third-order valence-electron chi connectivity index (χ3n) is 5.58. The molecule has 9 heteroatoms. The highest BCUT2D eigenvalue weighted by Gasteiger charge is 2.22. The minimum absolute atomic E-state index is 0.0739. The number of sulfonamides is 1. The highest BCUT2D eigenvalue weighted by molar-refractivity contribution is 7.92. The number of benzene rings is 3. The highest BCUT2D eigenvalue weighted by atomic mass is 35.5. The van der Waals surface area contributed by atoms with Crippen LogP contribution in [0.3, 0.4) is 0 Å². The molecule has 0 radical (unpaired) electrons. The molecule has 2 N–H and O–H groups in total. The smallest absolute Gasteiger partial charge is 0.261 e. The average Bonchev–Trinajstić information content (AvgIpc) is 2.86. The molecule has 1 fully saturated rings. The number of likely N-dealkylation sites (tertiary alicyclic amines) is 1. The first kappa shape index (κ1) is 23.8. The summed E-state index contributed by atoms with van der Waals surface area (Å²) in [4.78, 5) is 27.8. The molecule has 7 nitrogen and oxygen atoms in total. The maximum absolute atomic E-state index is 13.0. The first-order chi connectivity index (χ1) is 16.3. The summed E-state index contributed by atoms with van der Waals surface area (Å²) in [6.07, 6.45) is 3.05. The Morgan fingerprint density at radius 3 is 2.21 bits per heavy atom. The van der Waals surface area contributed by atoms with Gasteiger partial charge in [0.15, 0.2) is 0 Å². The van der Waals surface area contributed by atoms with Crippen LogP contribution in [0.2, 0.25) is 5.02 Å². The number of hydrogen-bond donors (Lipinski definition) is 2. The fraction of sp³-hybridized carbons (Fsp3) is 0.200. The van der Waals surface area contributed by atoms with E-state index in [1.807, 2.05) is 0 Å². The lowest BCUT2D eigenvalue weighted by molar-refractivity contribution is 0.0725. The van der Waals surface area contributed by atoms with Crippen LogP contribution in [0.5, 0.6) is 0 Å². The number of halogens is 1. The van der Waals surface area contributed by atoms with Gasteiger partial charge in [-0.3, -0.25) is 14.3 Å². The third kappa shape index (κ3) is 5.40. The number of nitrogens with one attached hydrogen (secondary N) is 2. The fourth-order valence-electron chi connectivity index (χ4n) is 3.78. The Hall–Kier alpha value is -3.36. The van der Waals surface area contributed by atoms with Crippen molar-refractivity contribution in [3.05, 3.63) is 88.9 Å². The van der Waals surface area contributed by atoms with Crippen molar-refractivity contribution < 1.29 is 18.0 Å².